The zero-order chi connectivity index (χ0) is 16.8. The van der Waals surface area contributed by atoms with E-state index in [1.807, 2.05) is 10.7 Å². The zero-order valence-corrected chi connectivity index (χ0v) is 14.6. The molecule has 0 aliphatic rings. The molecule has 3 rings (SSSR count). The van der Waals surface area contributed by atoms with Gasteiger partial charge in [-0.2, -0.15) is 0 Å². The molecule has 0 aliphatic carbocycles. The highest BCUT2D eigenvalue weighted by molar-refractivity contribution is 5.83. The number of hydrogen-bond donors (Lipinski definition) is 0. The van der Waals surface area contributed by atoms with E-state index in [2.05, 4.69) is 72.8 Å². The van der Waals surface area contributed by atoms with Crippen molar-refractivity contribution in [2.75, 3.05) is 0 Å². The van der Waals surface area contributed by atoms with Crippen molar-refractivity contribution in [2.24, 2.45) is 0 Å². The molecule has 3 heteroatoms. The van der Waals surface area contributed by atoms with E-state index >= 15 is 0 Å². The number of unbranched alkanes of at least 4 members (excludes halogenated alkanes) is 3. The van der Waals surface area contributed by atoms with Gasteiger partial charge in [-0.3, -0.25) is 4.68 Å². The molecule has 3 aromatic rings. The van der Waals surface area contributed by atoms with Gasteiger partial charge in [0.2, 0.25) is 0 Å². The molecule has 0 saturated carbocycles. The Balaban J connectivity index is 1.88. The summed E-state index contributed by atoms with van der Waals surface area (Å²) in [5.74, 6) is 0. The minimum atomic E-state index is 0.944. The summed E-state index contributed by atoms with van der Waals surface area (Å²) in [5, 5.41) is 8.78. The minimum Gasteiger partial charge on any atom is -0.252 e. The molecule has 0 aliphatic heterocycles. The first-order valence-electron chi connectivity index (χ1n) is 8.85. The summed E-state index contributed by atoms with van der Waals surface area (Å²) >= 11 is 0. The van der Waals surface area contributed by atoms with Crippen LogP contribution in [0.4, 0.5) is 0 Å². The third-order valence-corrected chi connectivity index (χ3v) is 4.39. The second-order valence-corrected chi connectivity index (χ2v) is 6.29. The summed E-state index contributed by atoms with van der Waals surface area (Å²) < 4.78 is 1.98. The molecule has 0 radical (unpaired) electrons. The van der Waals surface area contributed by atoms with E-state index < -0.39 is 0 Å². The first-order chi connectivity index (χ1) is 11.8. The van der Waals surface area contributed by atoms with Gasteiger partial charge in [-0.15, -0.1) is 5.10 Å². The second kappa shape index (κ2) is 7.91. The van der Waals surface area contributed by atoms with E-state index in [0.29, 0.717) is 0 Å². The number of aromatic nitrogens is 3. The summed E-state index contributed by atoms with van der Waals surface area (Å²) in [6.45, 7) is 5.32. The molecule has 1 heterocycles. The summed E-state index contributed by atoms with van der Waals surface area (Å²) in [4.78, 5) is 0. The highest BCUT2D eigenvalue weighted by Crippen LogP contribution is 2.33. The predicted molar refractivity (Wildman–Crippen MR) is 99.8 cm³/mol. The molecule has 0 fully saturated rings. The number of nitrogens with zero attached hydrogens (tertiary/aromatic N) is 3. The Morgan fingerprint density at radius 2 is 1.75 bits per heavy atom. The lowest BCUT2D eigenvalue weighted by Crippen LogP contribution is -1.98. The topological polar surface area (TPSA) is 30.7 Å². The summed E-state index contributed by atoms with van der Waals surface area (Å²) in [5.41, 5.74) is 5.81. The number of hydrogen-bond acceptors (Lipinski definition) is 2. The number of rotatable bonds is 7. The Kier molecular flexibility index (Phi) is 5.42. The lowest BCUT2D eigenvalue weighted by molar-refractivity contribution is 0.527. The average Bonchev–Trinajstić information content (AvgIpc) is 3.08. The van der Waals surface area contributed by atoms with Gasteiger partial charge in [0.15, 0.2) is 0 Å². The van der Waals surface area contributed by atoms with E-state index in [1.165, 1.54) is 41.5 Å². The Morgan fingerprint density at radius 1 is 0.917 bits per heavy atom. The van der Waals surface area contributed by atoms with Gasteiger partial charge in [0.1, 0.15) is 5.69 Å². The second-order valence-electron chi connectivity index (χ2n) is 6.29. The lowest BCUT2D eigenvalue weighted by atomic mass is 9.94. The minimum absolute atomic E-state index is 0.944. The number of benzene rings is 2. The van der Waals surface area contributed by atoms with E-state index in [4.69, 9.17) is 0 Å². The molecule has 0 saturated heterocycles. The van der Waals surface area contributed by atoms with Gasteiger partial charge in [0, 0.05) is 12.1 Å². The molecule has 0 unspecified atom stereocenters. The van der Waals surface area contributed by atoms with Gasteiger partial charge in [-0.25, -0.2) is 0 Å². The largest absolute Gasteiger partial charge is 0.252 e. The molecule has 1 aromatic heterocycles. The van der Waals surface area contributed by atoms with Crippen molar-refractivity contribution in [1.82, 2.24) is 15.0 Å². The van der Waals surface area contributed by atoms with Crippen LogP contribution < -0.4 is 0 Å². The maximum absolute atomic E-state index is 4.45. The zero-order valence-electron chi connectivity index (χ0n) is 14.6. The highest BCUT2D eigenvalue weighted by Gasteiger charge is 2.13. The Hall–Kier alpha value is -2.42. The van der Waals surface area contributed by atoms with Crippen LogP contribution >= 0.6 is 0 Å². The fourth-order valence-corrected chi connectivity index (χ4v) is 3.09. The predicted octanol–water partition coefficient (Wildman–Crippen LogP) is 5.50. The molecule has 0 spiro atoms. The Bertz CT molecular complexity index is 775. The van der Waals surface area contributed by atoms with Crippen molar-refractivity contribution in [3.63, 3.8) is 0 Å². The molecule has 3 nitrogen and oxygen atoms in total. The summed E-state index contributed by atoms with van der Waals surface area (Å²) in [6.07, 6.45) is 7.05. The van der Waals surface area contributed by atoms with Crippen molar-refractivity contribution in [3.05, 3.63) is 60.3 Å². The van der Waals surface area contributed by atoms with Crippen LogP contribution in [0.2, 0.25) is 0 Å². The van der Waals surface area contributed by atoms with Crippen molar-refractivity contribution < 1.29 is 0 Å². The van der Waals surface area contributed by atoms with Crippen LogP contribution in [0.5, 0.6) is 0 Å². The maximum Gasteiger partial charge on any atom is 0.113 e. The molecular weight excluding hydrogens is 294 g/mol. The molecule has 124 valence electrons. The first kappa shape index (κ1) is 16.4. The van der Waals surface area contributed by atoms with E-state index in [-0.39, 0.29) is 0 Å². The van der Waals surface area contributed by atoms with E-state index in [1.54, 1.807) is 0 Å². The SMILES string of the molecule is CCCCCCn1cc(-c2c(C)cccc2-c2ccccc2)nn1. The molecule has 2 aromatic carbocycles. The summed E-state index contributed by atoms with van der Waals surface area (Å²) in [7, 11) is 0. The molecular formula is C21H25N3. The maximum atomic E-state index is 4.45. The fraction of sp³-hybridized carbons (Fsp3) is 0.333. The molecule has 0 amide bonds. The Morgan fingerprint density at radius 3 is 2.54 bits per heavy atom. The molecule has 0 atom stereocenters. The normalized spacial score (nSPS) is 10.9. The molecule has 0 N–H and O–H groups in total. The van der Waals surface area contributed by atoms with Crippen LogP contribution in [0.15, 0.2) is 54.7 Å². The van der Waals surface area contributed by atoms with Crippen LogP contribution in [0.1, 0.15) is 38.2 Å². The average molecular weight is 319 g/mol. The quantitative estimate of drug-likeness (QED) is 0.538. The van der Waals surface area contributed by atoms with Crippen LogP contribution in [-0.4, -0.2) is 15.0 Å². The third-order valence-electron chi connectivity index (χ3n) is 4.39. The van der Waals surface area contributed by atoms with Gasteiger partial charge in [0.05, 0.1) is 6.20 Å². The van der Waals surface area contributed by atoms with E-state index in [0.717, 1.165) is 18.7 Å². The smallest absolute Gasteiger partial charge is 0.113 e. The number of aryl methyl sites for hydroxylation is 2. The van der Waals surface area contributed by atoms with Crippen molar-refractivity contribution in [3.8, 4) is 22.4 Å². The van der Waals surface area contributed by atoms with Crippen molar-refractivity contribution in [2.45, 2.75) is 46.1 Å². The molecule has 0 bridgehead atoms. The molecule has 24 heavy (non-hydrogen) atoms. The van der Waals surface area contributed by atoms with Gasteiger partial charge in [0.25, 0.3) is 0 Å². The monoisotopic (exact) mass is 319 g/mol. The van der Waals surface area contributed by atoms with Crippen LogP contribution in [0.3, 0.4) is 0 Å². The van der Waals surface area contributed by atoms with Gasteiger partial charge < -0.3 is 0 Å². The van der Waals surface area contributed by atoms with Gasteiger partial charge in [-0.1, -0.05) is 79.9 Å². The van der Waals surface area contributed by atoms with Crippen molar-refractivity contribution in [1.29, 1.82) is 0 Å². The van der Waals surface area contributed by atoms with Gasteiger partial charge in [-0.05, 0) is 30.0 Å². The highest BCUT2D eigenvalue weighted by atomic mass is 15.4. The fourth-order valence-electron chi connectivity index (χ4n) is 3.09. The van der Waals surface area contributed by atoms with Crippen molar-refractivity contribution >= 4 is 0 Å². The third kappa shape index (κ3) is 3.73. The standard InChI is InChI=1S/C21H25N3/c1-3-4-5-9-15-24-16-20(22-23-24)21-17(2)11-10-14-19(21)18-12-7-6-8-13-18/h6-8,10-14,16H,3-5,9,15H2,1-2H3. The lowest BCUT2D eigenvalue weighted by Gasteiger charge is -2.10. The van der Waals surface area contributed by atoms with E-state index in [9.17, 15) is 0 Å². The Labute approximate surface area is 144 Å². The van der Waals surface area contributed by atoms with Crippen LogP contribution in [-0.2, 0) is 6.54 Å². The van der Waals surface area contributed by atoms with Gasteiger partial charge >= 0.3 is 0 Å². The van der Waals surface area contributed by atoms with Crippen LogP contribution in [0, 0.1) is 6.92 Å². The van der Waals surface area contributed by atoms with Crippen LogP contribution in [0.25, 0.3) is 22.4 Å². The first-order valence-corrected chi connectivity index (χ1v) is 8.85. The summed E-state index contributed by atoms with van der Waals surface area (Å²) in [6, 6.07) is 16.9.